The van der Waals surface area contributed by atoms with Crippen molar-refractivity contribution in [3.8, 4) is 5.69 Å². The van der Waals surface area contributed by atoms with E-state index in [9.17, 15) is 4.79 Å². The van der Waals surface area contributed by atoms with Gasteiger partial charge in [0.15, 0.2) is 0 Å². The third-order valence-corrected chi connectivity index (χ3v) is 5.40. The summed E-state index contributed by atoms with van der Waals surface area (Å²) in [7, 11) is 0. The molecule has 3 aromatic rings. The van der Waals surface area contributed by atoms with E-state index in [4.69, 9.17) is 11.6 Å². The molecule has 1 aliphatic heterocycles. The lowest BCUT2D eigenvalue weighted by Gasteiger charge is -2.34. The van der Waals surface area contributed by atoms with E-state index in [1.54, 1.807) is 18.5 Å². The van der Waals surface area contributed by atoms with Gasteiger partial charge < -0.3 is 14.4 Å². The van der Waals surface area contributed by atoms with Crippen LogP contribution in [-0.4, -0.2) is 51.5 Å². The lowest BCUT2D eigenvalue weighted by atomic mass is 10.2. The molecule has 4 rings (SSSR count). The van der Waals surface area contributed by atoms with Gasteiger partial charge in [-0.15, -0.1) is 0 Å². The number of amides is 1. The van der Waals surface area contributed by atoms with Crippen LogP contribution in [0.5, 0.6) is 0 Å². The Kier molecular flexibility index (Phi) is 5.05. The molecule has 1 saturated heterocycles. The third kappa shape index (κ3) is 3.47. The van der Waals surface area contributed by atoms with E-state index in [1.807, 2.05) is 49.1 Å². The number of nitrogens with zero attached hydrogens (tertiary/aromatic N) is 5. The Balaban J connectivity index is 1.52. The van der Waals surface area contributed by atoms with Crippen LogP contribution in [0.15, 0.2) is 48.8 Å². The Morgan fingerprint density at radius 2 is 1.64 bits per heavy atom. The molecular weight excluding hydrogens is 374 g/mol. The van der Waals surface area contributed by atoms with Crippen LogP contribution in [0.25, 0.3) is 5.69 Å². The molecule has 0 unspecified atom stereocenters. The summed E-state index contributed by atoms with van der Waals surface area (Å²) in [5.41, 5.74) is 3.72. The van der Waals surface area contributed by atoms with E-state index < -0.39 is 0 Å². The van der Waals surface area contributed by atoms with Gasteiger partial charge in [0.1, 0.15) is 0 Å². The molecule has 1 fully saturated rings. The summed E-state index contributed by atoms with van der Waals surface area (Å²) in [6, 6.07) is 11.4. The molecule has 0 saturated carbocycles. The summed E-state index contributed by atoms with van der Waals surface area (Å²) in [5.74, 6) is 0.789. The number of piperazine rings is 1. The van der Waals surface area contributed by atoms with Crippen LogP contribution in [0.1, 0.15) is 21.7 Å². The Hall–Kier alpha value is -2.86. The van der Waals surface area contributed by atoms with Gasteiger partial charge >= 0.3 is 0 Å². The number of anilines is 1. The number of aromatic nitrogens is 3. The van der Waals surface area contributed by atoms with Gasteiger partial charge in [-0.25, -0.2) is 9.97 Å². The van der Waals surface area contributed by atoms with Crippen molar-refractivity contribution in [2.45, 2.75) is 13.8 Å². The van der Waals surface area contributed by atoms with Crippen LogP contribution in [0.2, 0.25) is 5.02 Å². The first kappa shape index (κ1) is 18.5. The highest BCUT2D eigenvalue weighted by molar-refractivity contribution is 6.30. The summed E-state index contributed by atoms with van der Waals surface area (Å²) in [6.45, 7) is 6.77. The van der Waals surface area contributed by atoms with Crippen LogP contribution in [0, 0.1) is 13.8 Å². The molecule has 0 spiro atoms. The second-order valence-corrected chi connectivity index (χ2v) is 7.36. The van der Waals surface area contributed by atoms with Gasteiger partial charge in [0.05, 0.1) is 5.56 Å². The molecule has 3 heterocycles. The highest BCUT2D eigenvalue weighted by atomic mass is 35.5. The molecule has 1 aromatic carbocycles. The fourth-order valence-corrected chi connectivity index (χ4v) is 3.83. The summed E-state index contributed by atoms with van der Waals surface area (Å²) >= 11 is 6.01. The third-order valence-electron chi connectivity index (χ3n) is 5.15. The van der Waals surface area contributed by atoms with Crippen LogP contribution in [0.3, 0.4) is 0 Å². The Bertz CT molecular complexity index is 976. The number of benzene rings is 1. The monoisotopic (exact) mass is 395 g/mol. The second kappa shape index (κ2) is 7.64. The topological polar surface area (TPSA) is 54.3 Å². The minimum absolute atomic E-state index is 0.0712. The summed E-state index contributed by atoms with van der Waals surface area (Å²) < 4.78 is 2.09. The molecule has 0 bridgehead atoms. The highest BCUT2D eigenvalue weighted by Gasteiger charge is 2.26. The first-order valence-corrected chi connectivity index (χ1v) is 9.68. The molecule has 0 radical (unpaired) electrons. The number of rotatable bonds is 3. The van der Waals surface area contributed by atoms with E-state index in [0.717, 1.165) is 41.7 Å². The predicted molar refractivity (Wildman–Crippen MR) is 110 cm³/mol. The van der Waals surface area contributed by atoms with Crippen molar-refractivity contribution in [2.24, 2.45) is 0 Å². The molecule has 6 nitrogen and oxygen atoms in total. The predicted octanol–water partition coefficient (Wildman–Crippen LogP) is 3.50. The lowest BCUT2D eigenvalue weighted by molar-refractivity contribution is 0.0745. The number of hydrogen-bond acceptors (Lipinski definition) is 4. The molecular formula is C21H22ClN5O. The van der Waals surface area contributed by atoms with Crippen LogP contribution < -0.4 is 4.90 Å². The maximum Gasteiger partial charge on any atom is 0.255 e. The van der Waals surface area contributed by atoms with E-state index in [0.29, 0.717) is 18.1 Å². The average molecular weight is 396 g/mol. The van der Waals surface area contributed by atoms with E-state index in [1.165, 1.54) is 0 Å². The van der Waals surface area contributed by atoms with Gasteiger partial charge in [-0.3, -0.25) is 4.79 Å². The number of halogens is 1. The van der Waals surface area contributed by atoms with Crippen molar-refractivity contribution in [1.82, 2.24) is 19.4 Å². The fourth-order valence-electron chi connectivity index (χ4n) is 3.70. The number of carbonyl (C=O) groups excluding carboxylic acids is 1. The minimum Gasteiger partial charge on any atom is -0.337 e. The molecule has 0 N–H and O–H groups in total. The van der Waals surface area contributed by atoms with Crippen LogP contribution in [0.4, 0.5) is 5.95 Å². The maximum atomic E-state index is 13.2. The van der Waals surface area contributed by atoms with E-state index in [-0.39, 0.29) is 5.91 Å². The van der Waals surface area contributed by atoms with Crippen molar-refractivity contribution < 1.29 is 4.79 Å². The molecule has 28 heavy (non-hydrogen) atoms. The van der Waals surface area contributed by atoms with Gasteiger partial charge in [-0.1, -0.05) is 11.6 Å². The van der Waals surface area contributed by atoms with E-state index in [2.05, 4.69) is 19.4 Å². The summed E-state index contributed by atoms with van der Waals surface area (Å²) in [5, 5.41) is 0.697. The van der Waals surface area contributed by atoms with Gasteiger partial charge in [0, 0.05) is 60.7 Å². The Labute approximate surface area is 169 Å². The summed E-state index contributed by atoms with van der Waals surface area (Å²) in [6.07, 6.45) is 3.48. The number of aryl methyl sites for hydroxylation is 1. The smallest absolute Gasteiger partial charge is 0.255 e. The zero-order chi connectivity index (χ0) is 19.7. The molecule has 1 amide bonds. The van der Waals surface area contributed by atoms with Crippen molar-refractivity contribution in [3.63, 3.8) is 0 Å². The Morgan fingerprint density at radius 1 is 1.00 bits per heavy atom. The fraction of sp³-hybridized carbons (Fsp3) is 0.286. The average Bonchev–Trinajstić information content (AvgIpc) is 3.03. The largest absolute Gasteiger partial charge is 0.337 e. The highest BCUT2D eigenvalue weighted by Crippen LogP contribution is 2.24. The zero-order valence-corrected chi connectivity index (χ0v) is 16.7. The van der Waals surface area contributed by atoms with Crippen molar-refractivity contribution >= 4 is 23.5 Å². The SMILES string of the molecule is Cc1cc(C(=O)N2CCN(c3ncccn3)CC2)c(C)n1-c1ccc(Cl)cc1. The zero-order valence-electron chi connectivity index (χ0n) is 16.0. The quantitative estimate of drug-likeness (QED) is 0.681. The Morgan fingerprint density at radius 3 is 2.29 bits per heavy atom. The molecule has 2 aromatic heterocycles. The molecule has 1 aliphatic rings. The van der Waals surface area contributed by atoms with Crippen LogP contribution in [-0.2, 0) is 0 Å². The first-order valence-electron chi connectivity index (χ1n) is 9.31. The molecule has 144 valence electrons. The van der Waals surface area contributed by atoms with Crippen LogP contribution >= 0.6 is 11.6 Å². The van der Waals surface area contributed by atoms with E-state index >= 15 is 0 Å². The molecule has 0 atom stereocenters. The first-order chi connectivity index (χ1) is 13.5. The lowest BCUT2D eigenvalue weighted by Crippen LogP contribution is -2.49. The summed E-state index contributed by atoms with van der Waals surface area (Å²) in [4.78, 5) is 25.8. The minimum atomic E-state index is 0.0712. The molecule has 7 heteroatoms. The van der Waals surface area contributed by atoms with Gasteiger partial charge in [-0.2, -0.15) is 0 Å². The standard InChI is InChI=1S/C21H22ClN5O/c1-15-14-19(16(2)27(15)18-6-4-17(22)5-7-18)20(28)25-10-12-26(13-11-25)21-23-8-3-9-24-21/h3-9,14H,10-13H2,1-2H3. The number of carbonyl (C=O) groups is 1. The number of hydrogen-bond donors (Lipinski definition) is 0. The van der Waals surface area contributed by atoms with Gasteiger partial charge in [0.2, 0.25) is 5.95 Å². The van der Waals surface area contributed by atoms with Crippen molar-refractivity contribution in [1.29, 1.82) is 0 Å². The van der Waals surface area contributed by atoms with Crippen molar-refractivity contribution in [3.05, 3.63) is 70.8 Å². The van der Waals surface area contributed by atoms with Gasteiger partial charge in [0.25, 0.3) is 5.91 Å². The molecule has 0 aliphatic carbocycles. The van der Waals surface area contributed by atoms with Crippen molar-refractivity contribution in [2.75, 3.05) is 31.1 Å². The second-order valence-electron chi connectivity index (χ2n) is 6.92. The van der Waals surface area contributed by atoms with Gasteiger partial charge in [-0.05, 0) is 50.2 Å². The normalized spacial score (nSPS) is 14.4. The maximum absolute atomic E-state index is 13.2.